The van der Waals surface area contributed by atoms with E-state index in [1.807, 2.05) is 10.3 Å². The summed E-state index contributed by atoms with van der Waals surface area (Å²) in [6, 6.07) is 0.395. The Morgan fingerprint density at radius 3 is 2.85 bits per heavy atom. The Balaban J connectivity index is 1.88. The molecule has 1 atom stereocenters. The number of likely N-dealkylation sites (tertiary alicyclic amines) is 1. The van der Waals surface area contributed by atoms with Crippen LogP contribution in [0.15, 0.2) is 5.38 Å². The number of rotatable bonds is 2. The van der Waals surface area contributed by atoms with Gasteiger partial charge in [-0.2, -0.15) is 0 Å². The van der Waals surface area contributed by atoms with Crippen LogP contribution in [0, 0.1) is 0 Å². The molecule has 5 heteroatoms. The SMILES string of the molecule is CC1CCCCN1C(=O)NCc1csc(C(C)(C)C)n1. The van der Waals surface area contributed by atoms with Crippen LogP contribution >= 0.6 is 11.3 Å². The fourth-order valence-corrected chi connectivity index (χ4v) is 3.31. The maximum atomic E-state index is 12.2. The van der Waals surface area contributed by atoms with E-state index in [9.17, 15) is 4.79 Å². The quantitative estimate of drug-likeness (QED) is 0.907. The minimum Gasteiger partial charge on any atom is -0.332 e. The summed E-state index contributed by atoms with van der Waals surface area (Å²) in [6.07, 6.45) is 3.45. The molecule has 1 N–H and O–H groups in total. The van der Waals surface area contributed by atoms with Gasteiger partial charge in [-0.1, -0.05) is 20.8 Å². The fraction of sp³-hybridized carbons (Fsp3) is 0.733. The predicted octanol–water partition coefficient (Wildman–Crippen LogP) is 3.52. The van der Waals surface area contributed by atoms with Crippen molar-refractivity contribution in [1.82, 2.24) is 15.2 Å². The van der Waals surface area contributed by atoms with Gasteiger partial charge < -0.3 is 10.2 Å². The molecule has 0 spiro atoms. The third-order valence-electron chi connectivity index (χ3n) is 3.68. The summed E-state index contributed by atoms with van der Waals surface area (Å²) in [5.41, 5.74) is 1.03. The molecule has 1 unspecified atom stereocenters. The number of nitrogens with one attached hydrogen (secondary N) is 1. The van der Waals surface area contributed by atoms with Crippen LogP contribution < -0.4 is 5.32 Å². The first-order valence-corrected chi connectivity index (χ1v) is 8.25. The van der Waals surface area contributed by atoms with Gasteiger partial charge in [-0.15, -0.1) is 11.3 Å². The third-order valence-corrected chi connectivity index (χ3v) is 4.99. The van der Waals surface area contributed by atoms with Crippen LogP contribution in [0.25, 0.3) is 0 Å². The lowest BCUT2D eigenvalue weighted by molar-refractivity contribution is 0.157. The highest BCUT2D eigenvalue weighted by molar-refractivity contribution is 7.09. The topological polar surface area (TPSA) is 45.2 Å². The Morgan fingerprint density at radius 1 is 1.50 bits per heavy atom. The Hall–Kier alpha value is -1.10. The largest absolute Gasteiger partial charge is 0.332 e. The van der Waals surface area contributed by atoms with Crippen LogP contribution in [-0.2, 0) is 12.0 Å². The van der Waals surface area contributed by atoms with Gasteiger partial charge in [0, 0.05) is 23.4 Å². The molecule has 4 nitrogen and oxygen atoms in total. The first kappa shape index (κ1) is 15.3. The van der Waals surface area contributed by atoms with E-state index < -0.39 is 0 Å². The van der Waals surface area contributed by atoms with Gasteiger partial charge in [-0.25, -0.2) is 9.78 Å². The number of thiazole rings is 1. The molecule has 2 amide bonds. The van der Waals surface area contributed by atoms with Crippen molar-refractivity contribution in [2.75, 3.05) is 6.54 Å². The highest BCUT2D eigenvalue weighted by Crippen LogP contribution is 2.25. The second-order valence-corrected chi connectivity index (χ2v) is 7.45. The van der Waals surface area contributed by atoms with Crippen LogP contribution in [0.2, 0.25) is 0 Å². The number of amides is 2. The smallest absolute Gasteiger partial charge is 0.317 e. The van der Waals surface area contributed by atoms with Gasteiger partial charge in [0.05, 0.1) is 17.2 Å². The summed E-state index contributed by atoms with van der Waals surface area (Å²) in [5.74, 6) is 0. The van der Waals surface area contributed by atoms with Gasteiger partial charge in [-0.05, 0) is 26.2 Å². The Bertz CT molecular complexity index is 464. The number of urea groups is 1. The highest BCUT2D eigenvalue weighted by Gasteiger charge is 2.23. The van der Waals surface area contributed by atoms with E-state index in [0.29, 0.717) is 12.6 Å². The molecule has 0 aliphatic carbocycles. The molecule has 1 saturated heterocycles. The minimum absolute atomic E-state index is 0.0440. The molecule has 2 heterocycles. The van der Waals surface area contributed by atoms with E-state index in [1.165, 1.54) is 6.42 Å². The Labute approximate surface area is 125 Å². The lowest BCUT2D eigenvalue weighted by Gasteiger charge is -2.33. The van der Waals surface area contributed by atoms with E-state index in [2.05, 4.69) is 38.0 Å². The van der Waals surface area contributed by atoms with Crippen LogP contribution in [0.4, 0.5) is 4.79 Å². The molecule has 1 aromatic rings. The third kappa shape index (κ3) is 3.72. The van der Waals surface area contributed by atoms with Crippen molar-refractivity contribution in [2.45, 2.75) is 65.0 Å². The lowest BCUT2D eigenvalue weighted by atomic mass is 9.98. The number of carbonyl (C=O) groups is 1. The second-order valence-electron chi connectivity index (χ2n) is 6.59. The summed E-state index contributed by atoms with van der Waals surface area (Å²) in [5, 5.41) is 6.16. The van der Waals surface area contributed by atoms with Gasteiger partial charge in [0.1, 0.15) is 0 Å². The Kier molecular flexibility index (Phi) is 4.68. The van der Waals surface area contributed by atoms with Gasteiger partial charge >= 0.3 is 6.03 Å². The standard InChI is InChI=1S/C15H25N3OS/c1-11-7-5-6-8-18(11)14(19)16-9-12-10-20-13(17-12)15(2,3)4/h10-11H,5-9H2,1-4H3,(H,16,19). The number of hydrogen-bond acceptors (Lipinski definition) is 3. The van der Waals surface area contributed by atoms with E-state index in [1.54, 1.807) is 11.3 Å². The Morgan fingerprint density at radius 2 is 2.25 bits per heavy atom. The molecule has 0 aromatic carbocycles. The molecule has 0 radical (unpaired) electrons. The molecule has 0 bridgehead atoms. The van der Waals surface area contributed by atoms with Crippen molar-refractivity contribution in [3.8, 4) is 0 Å². The molecular formula is C15H25N3OS. The fourth-order valence-electron chi connectivity index (χ4n) is 2.40. The maximum Gasteiger partial charge on any atom is 0.317 e. The molecule has 0 saturated carbocycles. The van der Waals surface area contributed by atoms with Gasteiger partial charge in [0.2, 0.25) is 0 Å². The van der Waals surface area contributed by atoms with E-state index in [4.69, 9.17) is 0 Å². The molecule has 1 aliphatic rings. The van der Waals surface area contributed by atoms with Crippen molar-refractivity contribution < 1.29 is 4.79 Å². The summed E-state index contributed by atoms with van der Waals surface area (Å²) >= 11 is 1.67. The number of aromatic nitrogens is 1. The zero-order chi connectivity index (χ0) is 14.8. The van der Waals surface area contributed by atoms with Crippen molar-refractivity contribution in [2.24, 2.45) is 0 Å². The molecule has 2 rings (SSSR count). The number of hydrogen-bond donors (Lipinski definition) is 1. The number of carbonyl (C=O) groups excluding carboxylic acids is 1. The van der Waals surface area contributed by atoms with Crippen molar-refractivity contribution in [3.63, 3.8) is 0 Å². The van der Waals surface area contributed by atoms with Crippen molar-refractivity contribution >= 4 is 17.4 Å². The molecule has 1 aromatic heterocycles. The molecule has 20 heavy (non-hydrogen) atoms. The van der Waals surface area contributed by atoms with Crippen molar-refractivity contribution in [3.05, 3.63) is 16.1 Å². The number of nitrogens with zero attached hydrogens (tertiary/aromatic N) is 2. The van der Waals surface area contributed by atoms with E-state index in [0.717, 1.165) is 30.1 Å². The van der Waals surface area contributed by atoms with Crippen LogP contribution in [0.5, 0.6) is 0 Å². The zero-order valence-corrected chi connectivity index (χ0v) is 13.7. The molecular weight excluding hydrogens is 270 g/mol. The zero-order valence-electron chi connectivity index (χ0n) is 12.9. The van der Waals surface area contributed by atoms with Crippen LogP contribution in [-0.4, -0.2) is 28.5 Å². The van der Waals surface area contributed by atoms with Crippen molar-refractivity contribution in [1.29, 1.82) is 0 Å². The van der Waals surface area contributed by atoms with Gasteiger partial charge in [0.25, 0.3) is 0 Å². The van der Waals surface area contributed by atoms with Crippen LogP contribution in [0.1, 0.15) is 57.7 Å². The molecule has 1 aliphatic heterocycles. The second kappa shape index (κ2) is 6.12. The summed E-state index contributed by atoms with van der Waals surface area (Å²) in [4.78, 5) is 18.7. The first-order chi connectivity index (χ1) is 9.38. The molecule has 1 fully saturated rings. The highest BCUT2D eigenvalue weighted by atomic mass is 32.1. The normalized spacial score (nSPS) is 20.0. The summed E-state index contributed by atoms with van der Waals surface area (Å²) in [6.45, 7) is 9.99. The maximum absolute atomic E-state index is 12.2. The monoisotopic (exact) mass is 295 g/mol. The first-order valence-electron chi connectivity index (χ1n) is 7.37. The number of piperidine rings is 1. The van der Waals surface area contributed by atoms with Gasteiger partial charge in [-0.3, -0.25) is 0 Å². The lowest BCUT2D eigenvalue weighted by Crippen LogP contribution is -2.47. The summed E-state index contributed by atoms with van der Waals surface area (Å²) < 4.78 is 0. The van der Waals surface area contributed by atoms with Gasteiger partial charge in [0.15, 0.2) is 0 Å². The van der Waals surface area contributed by atoms with E-state index >= 15 is 0 Å². The van der Waals surface area contributed by atoms with E-state index in [-0.39, 0.29) is 11.4 Å². The average Bonchev–Trinajstić information content (AvgIpc) is 2.85. The predicted molar refractivity (Wildman–Crippen MR) is 83.1 cm³/mol. The van der Waals surface area contributed by atoms with Crippen LogP contribution in [0.3, 0.4) is 0 Å². The average molecular weight is 295 g/mol. The molecule has 112 valence electrons. The summed E-state index contributed by atoms with van der Waals surface area (Å²) in [7, 11) is 0. The minimum atomic E-state index is 0.0440.